The molecule has 112 valence electrons. The van der Waals surface area contributed by atoms with Crippen molar-refractivity contribution in [1.29, 1.82) is 0 Å². The molecule has 0 aliphatic carbocycles. The van der Waals surface area contributed by atoms with Crippen LogP contribution in [0.5, 0.6) is 11.5 Å². The molecule has 0 fully saturated rings. The summed E-state index contributed by atoms with van der Waals surface area (Å²) in [5.74, 6) is 1.61. The van der Waals surface area contributed by atoms with Gasteiger partial charge in [0.25, 0.3) is 0 Å². The van der Waals surface area contributed by atoms with E-state index in [1.54, 1.807) is 7.11 Å². The van der Waals surface area contributed by atoms with E-state index in [-0.39, 0.29) is 12.6 Å². The molecule has 1 unspecified atom stereocenters. The molecule has 2 aromatic carbocycles. The lowest BCUT2D eigenvalue weighted by Crippen LogP contribution is -2.35. The third-order valence-electron chi connectivity index (χ3n) is 3.06. The number of ether oxygens (including phenoxy) is 2. The number of nitrogens with one attached hydrogen (secondary N) is 1. The molecule has 0 saturated heterocycles. The van der Waals surface area contributed by atoms with Crippen LogP contribution in [0.1, 0.15) is 5.56 Å². The van der Waals surface area contributed by atoms with Crippen molar-refractivity contribution in [3.63, 3.8) is 0 Å². The highest BCUT2D eigenvalue weighted by Gasteiger charge is 2.06. The van der Waals surface area contributed by atoms with Gasteiger partial charge in [0, 0.05) is 13.7 Å². The van der Waals surface area contributed by atoms with Gasteiger partial charge in [0.15, 0.2) is 0 Å². The zero-order chi connectivity index (χ0) is 14.9. The van der Waals surface area contributed by atoms with Crippen molar-refractivity contribution in [2.24, 2.45) is 0 Å². The van der Waals surface area contributed by atoms with Gasteiger partial charge in [-0.2, -0.15) is 0 Å². The molecule has 0 radical (unpaired) electrons. The highest BCUT2D eigenvalue weighted by atomic mass is 16.5. The quantitative estimate of drug-likeness (QED) is 0.783. The minimum absolute atomic E-state index is 0.0496. The van der Waals surface area contributed by atoms with E-state index in [2.05, 4.69) is 5.32 Å². The van der Waals surface area contributed by atoms with E-state index in [0.29, 0.717) is 13.2 Å². The Labute approximate surface area is 125 Å². The average molecular weight is 287 g/mol. The monoisotopic (exact) mass is 287 g/mol. The molecule has 0 bridgehead atoms. The van der Waals surface area contributed by atoms with Gasteiger partial charge in [-0.3, -0.25) is 0 Å². The predicted molar refractivity (Wildman–Crippen MR) is 82.5 cm³/mol. The van der Waals surface area contributed by atoms with Crippen molar-refractivity contribution in [2.75, 3.05) is 20.3 Å². The summed E-state index contributed by atoms with van der Waals surface area (Å²) in [6.07, 6.45) is 0. The fourth-order valence-corrected chi connectivity index (χ4v) is 1.98. The Balaban J connectivity index is 1.94. The number of rotatable bonds is 8. The second-order valence-electron chi connectivity index (χ2n) is 4.78. The molecule has 4 nitrogen and oxygen atoms in total. The molecule has 1 atom stereocenters. The predicted octanol–water partition coefficient (Wildman–Crippen LogP) is 2.58. The number of benzene rings is 2. The summed E-state index contributed by atoms with van der Waals surface area (Å²) < 4.78 is 10.8. The van der Waals surface area contributed by atoms with E-state index in [0.717, 1.165) is 17.1 Å². The molecule has 0 aromatic heterocycles. The first-order chi connectivity index (χ1) is 10.3. The number of para-hydroxylation sites is 1. The summed E-state index contributed by atoms with van der Waals surface area (Å²) in [4.78, 5) is 0. The molecule has 21 heavy (non-hydrogen) atoms. The highest BCUT2D eigenvalue weighted by molar-refractivity contribution is 5.33. The van der Waals surface area contributed by atoms with Gasteiger partial charge < -0.3 is 19.9 Å². The Morgan fingerprint density at radius 3 is 2.52 bits per heavy atom. The van der Waals surface area contributed by atoms with E-state index in [1.807, 2.05) is 54.6 Å². The summed E-state index contributed by atoms with van der Waals surface area (Å²) in [6.45, 7) is 1.19. The lowest BCUT2D eigenvalue weighted by atomic mass is 10.2. The summed E-state index contributed by atoms with van der Waals surface area (Å²) in [5, 5.41) is 12.5. The SMILES string of the molecule is COCC(CO)NCc1cccc(Oc2ccccc2)c1. The second kappa shape index (κ2) is 8.42. The Morgan fingerprint density at radius 1 is 1.05 bits per heavy atom. The summed E-state index contributed by atoms with van der Waals surface area (Å²) in [5.41, 5.74) is 1.10. The molecule has 0 heterocycles. The molecule has 0 spiro atoms. The molecular formula is C17H21NO3. The van der Waals surface area contributed by atoms with Crippen LogP contribution in [0, 0.1) is 0 Å². The first kappa shape index (κ1) is 15.5. The van der Waals surface area contributed by atoms with Crippen LogP contribution in [-0.2, 0) is 11.3 Å². The zero-order valence-corrected chi connectivity index (χ0v) is 12.2. The van der Waals surface area contributed by atoms with Gasteiger partial charge in [0.2, 0.25) is 0 Å². The largest absolute Gasteiger partial charge is 0.457 e. The Hall–Kier alpha value is -1.88. The van der Waals surface area contributed by atoms with Crippen LogP contribution in [0.25, 0.3) is 0 Å². The molecule has 2 aromatic rings. The molecule has 0 saturated carbocycles. The van der Waals surface area contributed by atoms with Crippen molar-refractivity contribution in [2.45, 2.75) is 12.6 Å². The number of hydrogen-bond acceptors (Lipinski definition) is 4. The minimum Gasteiger partial charge on any atom is -0.457 e. The zero-order valence-electron chi connectivity index (χ0n) is 12.2. The minimum atomic E-state index is -0.0614. The van der Waals surface area contributed by atoms with Gasteiger partial charge in [-0.1, -0.05) is 30.3 Å². The lowest BCUT2D eigenvalue weighted by Gasteiger charge is -2.15. The normalized spacial score (nSPS) is 12.1. The summed E-state index contributed by atoms with van der Waals surface area (Å²) in [6, 6.07) is 17.5. The molecule has 2 rings (SSSR count). The maximum atomic E-state index is 9.22. The first-order valence-corrected chi connectivity index (χ1v) is 6.97. The molecule has 2 N–H and O–H groups in total. The molecular weight excluding hydrogens is 266 g/mol. The van der Waals surface area contributed by atoms with Gasteiger partial charge in [-0.15, -0.1) is 0 Å². The van der Waals surface area contributed by atoms with Gasteiger partial charge in [-0.05, 0) is 29.8 Å². The van der Waals surface area contributed by atoms with Crippen molar-refractivity contribution in [3.05, 3.63) is 60.2 Å². The molecule has 0 aliphatic rings. The second-order valence-corrected chi connectivity index (χ2v) is 4.78. The first-order valence-electron chi connectivity index (χ1n) is 6.97. The molecule has 0 aliphatic heterocycles. The number of aliphatic hydroxyl groups is 1. The molecule has 0 amide bonds. The van der Waals surface area contributed by atoms with Crippen molar-refractivity contribution in [1.82, 2.24) is 5.32 Å². The number of aliphatic hydroxyl groups excluding tert-OH is 1. The maximum absolute atomic E-state index is 9.22. The summed E-state index contributed by atoms with van der Waals surface area (Å²) >= 11 is 0. The number of hydrogen-bond donors (Lipinski definition) is 2. The topological polar surface area (TPSA) is 50.7 Å². The Bertz CT molecular complexity index is 531. The van der Waals surface area contributed by atoms with Crippen LogP contribution in [0.2, 0.25) is 0 Å². The highest BCUT2D eigenvalue weighted by Crippen LogP contribution is 2.21. The van der Waals surface area contributed by atoms with Crippen LogP contribution >= 0.6 is 0 Å². The smallest absolute Gasteiger partial charge is 0.127 e. The van der Waals surface area contributed by atoms with Crippen molar-refractivity contribution < 1.29 is 14.6 Å². The van der Waals surface area contributed by atoms with E-state index in [4.69, 9.17) is 9.47 Å². The van der Waals surface area contributed by atoms with Crippen LogP contribution < -0.4 is 10.1 Å². The Kier molecular flexibility index (Phi) is 6.22. The van der Waals surface area contributed by atoms with Crippen LogP contribution in [0.4, 0.5) is 0 Å². The van der Waals surface area contributed by atoms with Crippen molar-refractivity contribution in [3.8, 4) is 11.5 Å². The standard InChI is InChI=1S/C17H21NO3/c1-20-13-15(12-19)18-11-14-6-5-9-17(10-14)21-16-7-3-2-4-8-16/h2-10,15,18-19H,11-13H2,1H3. The fourth-order valence-electron chi connectivity index (χ4n) is 1.98. The van der Waals surface area contributed by atoms with Gasteiger partial charge in [0.1, 0.15) is 11.5 Å². The van der Waals surface area contributed by atoms with Crippen LogP contribution in [-0.4, -0.2) is 31.5 Å². The third-order valence-corrected chi connectivity index (χ3v) is 3.06. The fraction of sp³-hybridized carbons (Fsp3) is 0.294. The summed E-state index contributed by atoms with van der Waals surface area (Å²) in [7, 11) is 1.62. The van der Waals surface area contributed by atoms with E-state index >= 15 is 0 Å². The lowest BCUT2D eigenvalue weighted by molar-refractivity contribution is 0.128. The third kappa shape index (κ3) is 5.19. The van der Waals surface area contributed by atoms with Crippen molar-refractivity contribution >= 4 is 0 Å². The van der Waals surface area contributed by atoms with Crippen LogP contribution in [0.15, 0.2) is 54.6 Å². The van der Waals surface area contributed by atoms with Gasteiger partial charge in [0.05, 0.1) is 19.3 Å². The van der Waals surface area contributed by atoms with E-state index < -0.39 is 0 Å². The van der Waals surface area contributed by atoms with E-state index in [9.17, 15) is 5.11 Å². The van der Waals surface area contributed by atoms with Crippen LogP contribution in [0.3, 0.4) is 0 Å². The molecule has 4 heteroatoms. The van der Waals surface area contributed by atoms with E-state index in [1.165, 1.54) is 0 Å². The average Bonchev–Trinajstić information content (AvgIpc) is 2.53. The van der Waals surface area contributed by atoms with Gasteiger partial charge >= 0.3 is 0 Å². The maximum Gasteiger partial charge on any atom is 0.127 e. The Morgan fingerprint density at radius 2 is 1.81 bits per heavy atom. The number of methoxy groups -OCH3 is 1. The van der Waals surface area contributed by atoms with Gasteiger partial charge in [-0.25, -0.2) is 0 Å².